The molecule has 1 atom stereocenters. The minimum absolute atomic E-state index is 0.308. The topological polar surface area (TPSA) is 42.7 Å². The van der Waals surface area contributed by atoms with Crippen molar-refractivity contribution in [3.63, 3.8) is 0 Å². The lowest BCUT2D eigenvalue weighted by atomic mass is 10.0. The van der Waals surface area contributed by atoms with E-state index in [-0.39, 0.29) is 0 Å². The van der Waals surface area contributed by atoms with E-state index in [0.717, 1.165) is 24.7 Å². The van der Waals surface area contributed by atoms with Gasteiger partial charge >= 0.3 is 0 Å². The summed E-state index contributed by atoms with van der Waals surface area (Å²) >= 11 is 0. The van der Waals surface area contributed by atoms with Crippen LogP contribution in [0.2, 0.25) is 0 Å². The molecule has 4 nitrogen and oxygen atoms in total. The van der Waals surface area contributed by atoms with Crippen molar-refractivity contribution in [3.05, 3.63) is 41.7 Å². The van der Waals surface area contributed by atoms with E-state index in [9.17, 15) is 0 Å². The summed E-state index contributed by atoms with van der Waals surface area (Å²) in [4.78, 5) is 4.57. The van der Waals surface area contributed by atoms with Gasteiger partial charge in [0.25, 0.3) is 0 Å². The van der Waals surface area contributed by atoms with Gasteiger partial charge in [-0.15, -0.1) is 0 Å². The number of benzene rings is 1. The summed E-state index contributed by atoms with van der Waals surface area (Å²) in [6, 6.07) is 10.8. The molecular formula is C14H18N4. The number of rotatable bonds is 2. The zero-order valence-corrected chi connectivity index (χ0v) is 10.8. The van der Waals surface area contributed by atoms with Crippen LogP contribution in [0.15, 0.2) is 30.3 Å². The zero-order chi connectivity index (χ0) is 12.5. The van der Waals surface area contributed by atoms with Crippen molar-refractivity contribution >= 4 is 5.95 Å². The third-order valence-corrected chi connectivity index (χ3v) is 3.34. The van der Waals surface area contributed by atoms with Gasteiger partial charge in [0.2, 0.25) is 5.95 Å². The van der Waals surface area contributed by atoms with E-state index in [2.05, 4.69) is 53.5 Å². The van der Waals surface area contributed by atoms with Gasteiger partial charge in [0, 0.05) is 12.5 Å². The third-order valence-electron chi connectivity index (χ3n) is 3.34. The second-order valence-corrected chi connectivity index (χ2v) is 5.03. The fraction of sp³-hybridized carbons (Fsp3) is 0.429. The van der Waals surface area contributed by atoms with Crippen molar-refractivity contribution in [1.29, 1.82) is 0 Å². The standard InChI is InChI=1S/C14H18N4/c1-10(2)13-16-14-15-9-8-12(18(14)17-13)11-6-4-3-5-7-11/h3-7,10,12H,8-9H2,1-2H3,(H,15,16,17). The minimum atomic E-state index is 0.308. The summed E-state index contributed by atoms with van der Waals surface area (Å²) in [7, 11) is 0. The van der Waals surface area contributed by atoms with Gasteiger partial charge in [0.05, 0.1) is 6.04 Å². The molecule has 0 bridgehead atoms. The molecule has 4 heteroatoms. The van der Waals surface area contributed by atoms with Crippen LogP contribution in [0.1, 0.15) is 43.6 Å². The zero-order valence-electron chi connectivity index (χ0n) is 10.8. The third kappa shape index (κ3) is 1.88. The molecule has 0 fully saturated rings. The van der Waals surface area contributed by atoms with Crippen LogP contribution < -0.4 is 5.32 Å². The average molecular weight is 242 g/mol. The highest BCUT2D eigenvalue weighted by atomic mass is 15.4. The maximum Gasteiger partial charge on any atom is 0.221 e. The first-order chi connectivity index (χ1) is 8.75. The van der Waals surface area contributed by atoms with Crippen LogP contribution in [0.4, 0.5) is 5.95 Å². The monoisotopic (exact) mass is 242 g/mol. The Labute approximate surface area is 107 Å². The Kier molecular flexibility index (Phi) is 2.78. The van der Waals surface area contributed by atoms with E-state index in [1.807, 2.05) is 10.7 Å². The molecule has 18 heavy (non-hydrogen) atoms. The molecule has 1 unspecified atom stereocenters. The number of nitrogens with one attached hydrogen (secondary N) is 1. The number of anilines is 1. The largest absolute Gasteiger partial charge is 0.354 e. The maximum atomic E-state index is 4.65. The van der Waals surface area contributed by atoms with Gasteiger partial charge in [-0.3, -0.25) is 0 Å². The lowest BCUT2D eigenvalue weighted by Crippen LogP contribution is -2.24. The van der Waals surface area contributed by atoms with Crippen LogP contribution in [0, 0.1) is 0 Å². The fourth-order valence-corrected chi connectivity index (χ4v) is 2.35. The first-order valence-electron chi connectivity index (χ1n) is 6.51. The van der Waals surface area contributed by atoms with Crippen molar-refractivity contribution in [2.45, 2.75) is 32.2 Å². The van der Waals surface area contributed by atoms with Crippen molar-refractivity contribution in [3.8, 4) is 0 Å². The highest BCUT2D eigenvalue weighted by Gasteiger charge is 2.24. The van der Waals surface area contributed by atoms with E-state index in [1.54, 1.807) is 0 Å². The molecule has 3 rings (SSSR count). The first-order valence-corrected chi connectivity index (χ1v) is 6.51. The SMILES string of the molecule is CC(C)c1nc2n(n1)C(c1ccccc1)CCN2. The smallest absolute Gasteiger partial charge is 0.221 e. The van der Waals surface area contributed by atoms with Gasteiger partial charge in [-0.05, 0) is 12.0 Å². The van der Waals surface area contributed by atoms with Gasteiger partial charge in [-0.1, -0.05) is 44.2 Å². The molecule has 2 aromatic rings. The Bertz CT molecular complexity index is 530. The number of hydrogen-bond donors (Lipinski definition) is 1. The van der Waals surface area contributed by atoms with E-state index < -0.39 is 0 Å². The highest BCUT2D eigenvalue weighted by Crippen LogP contribution is 2.29. The maximum absolute atomic E-state index is 4.65. The molecule has 1 aliphatic rings. The summed E-state index contributed by atoms with van der Waals surface area (Å²) in [6.07, 6.45) is 1.05. The van der Waals surface area contributed by atoms with Crippen molar-refractivity contribution in [2.75, 3.05) is 11.9 Å². The molecule has 1 aromatic heterocycles. The van der Waals surface area contributed by atoms with E-state index in [4.69, 9.17) is 0 Å². The molecule has 1 aromatic carbocycles. The Balaban J connectivity index is 2.01. The molecule has 2 heterocycles. The summed E-state index contributed by atoms with van der Waals surface area (Å²) in [5, 5.41) is 7.98. The summed E-state index contributed by atoms with van der Waals surface area (Å²) < 4.78 is 2.04. The Hall–Kier alpha value is -1.84. The lowest BCUT2D eigenvalue weighted by molar-refractivity contribution is 0.475. The van der Waals surface area contributed by atoms with Crippen LogP contribution in [0.25, 0.3) is 0 Å². The molecule has 0 radical (unpaired) electrons. The van der Waals surface area contributed by atoms with Gasteiger partial charge < -0.3 is 5.32 Å². The summed E-state index contributed by atoms with van der Waals surface area (Å²) in [6.45, 7) is 5.20. The molecule has 94 valence electrons. The van der Waals surface area contributed by atoms with Crippen LogP contribution >= 0.6 is 0 Å². The Morgan fingerprint density at radius 1 is 1.28 bits per heavy atom. The predicted molar refractivity (Wildman–Crippen MR) is 71.8 cm³/mol. The van der Waals surface area contributed by atoms with Crippen molar-refractivity contribution < 1.29 is 0 Å². The fourth-order valence-electron chi connectivity index (χ4n) is 2.35. The van der Waals surface area contributed by atoms with Crippen LogP contribution in [0.5, 0.6) is 0 Å². The molecule has 0 saturated carbocycles. The molecule has 0 aliphatic carbocycles. The molecule has 0 saturated heterocycles. The van der Waals surface area contributed by atoms with Crippen LogP contribution in [0.3, 0.4) is 0 Å². The summed E-state index contributed by atoms with van der Waals surface area (Å²) in [5.41, 5.74) is 1.31. The van der Waals surface area contributed by atoms with E-state index in [1.165, 1.54) is 5.56 Å². The first kappa shape index (κ1) is 11.3. The van der Waals surface area contributed by atoms with Crippen LogP contribution in [-0.4, -0.2) is 21.3 Å². The van der Waals surface area contributed by atoms with Gasteiger partial charge in [0.1, 0.15) is 0 Å². The minimum Gasteiger partial charge on any atom is -0.354 e. The number of nitrogens with zero attached hydrogens (tertiary/aromatic N) is 3. The van der Waals surface area contributed by atoms with E-state index in [0.29, 0.717) is 12.0 Å². The molecule has 1 N–H and O–H groups in total. The second-order valence-electron chi connectivity index (χ2n) is 5.03. The predicted octanol–water partition coefficient (Wildman–Crippen LogP) is 2.81. The highest BCUT2D eigenvalue weighted by molar-refractivity contribution is 5.33. The Morgan fingerprint density at radius 3 is 2.78 bits per heavy atom. The Morgan fingerprint density at radius 2 is 2.06 bits per heavy atom. The van der Waals surface area contributed by atoms with Gasteiger partial charge in [0.15, 0.2) is 5.82 Å². The van der Waals surface area contributed by atoms with E-state index >= 15 is 0 Å². The van der Waals surface area contributed by atoms with Crippen LogP contribution in [-0.2, 0) is 0 Å². The molecule has 0 spiro atoms. The summed E-state index contributed by atoms with van der Waals surface area (Å²) in [5.74, 6) is 2.18. The molecule has 0 amide bonds. The number of hydrogen-bond acceptors (Lipinski definition) is 3. The van der Waals surface area contributed by atoms with Gasteiger partial charge in [-0.25, -0.2) is 4.68 Å². The molecular weight excluding hydrogens is 224 g/mol. The lowest BCUT2D eigenvalue weighted by Gasteiger charge is -2.24. The normalized spacial score (nSPS) is 18.5. The van der Waals surface area contributed by atoms with Gasteiger partial charge in [-0.2, -0.15) is 10.1 Å². The quantitative estimate of drug-likeness (QED) is 0.880. The van der Waals surface area contributed by atoms with Crippen molar-refractivity contribution in [2.24, 2.45) is 0 Å². The average Bonchev–Trinajstić information content (AvgIpc) is 2.83. The van der Waals surface area contributed by atoms with Crippen molar-refractivity contribution in [1.82, 2.24) is 14.8 Å². The molecule has 1 aliphatic heterocycles. The second kappa shape index (κ2) is 4.44. The number of aromatic nitrogens is 3. The number of fused-ring (bicyclic) bond motifs is 1.